The largest absolute Gasteiger partial charge is 0.507 e. The highest BCUT2D eigenvalue weighted by atomic mass is 32.1. The number of allylic oxidation sites excluding steroid dienone is 1. The SMILES string of the molecule is CC#Cc1ccc(-c2ccc(C(=O)[C@H]3CC[C@]45C=C[C@H]6[C@H]([C@H]7C#Cc8c(cc(O)c9c8N[C@H](C=C9)[C@](C)(O)Cc8cccc(c8Cc8cnc[nH]8)C7)C[C@@H]4N=C(N)NC4CCCCC4)[C@@]4(CCC[C@H]4CO)C[C@@]36C5)s2)s1. The first kappa shape index (κ1) is 49.7. The summed E-state index contributed by atoms with van der Waals surface area (Å²) in [6.07, 6.45) is 26.3. The molecule has 4 saturated carbocycles. The zero-order chi connectivity index (χ0) is 52.0. The number of nitrogens with one attached hydrogen (secondary N) is 3. The summed E-state index contributed by atoms with van der Waals surface area (Å²) in [5.74, 6) is 14.7. The van der Waals surface area contributed by atoms with Crippen LogP contribution >= 0.6 is 22.7 Å². The van der Waals surface area contributed by atoms with E-state index in [1.807, 2.05) is 38.3 Å². The zero-order valence-corrected chi connectivity index (χ0v) is 45.4. The number of aromatic amines is 1. The number of fused-ring (bicyclic) bond motifs is 6. The van der Waals surface area contributed by atoms with Crippen LogP contribution in [-0.2, 0) is 25.7 Å². The number of aromatic hydroxyl groups is 1. The highest BCUT2D eigenvalue weighted by Crippen LogP contribution is 2.76. The van der Waals surface area contributed by atoms with Crippen LogP contribution in [0.5, 0.6) is 5.75 Å². The van der Waals surface area contributed by atoms with Crippen LogP contribution in [0.25, 0.3) is 15.8 Å². The summed E-state index contributed by atoms with van der Waals surface area (Å²) in [6.45, 7) is 3.86. The molecule has 10 nitrogen and oxygen atoms in total. The third kappa shape index (κ3) is 8.31. The van der Waals surface area contributed by atoms with Crippen molar-refractivity contribution in [2.45, 2.75) is 140 Å². The summed E-state index contributed by atoms with van der Waals surface area (Å²) < 4.78 is 0. The van der Waals surface area contributed by atoms with Gasteiger partial charge in [-0.3, -0.25) is 4.79 Å². The second kappa shape index (κ2) is 19.2. The van der Waals surface area contributed by atoms with Crippen molar-refractivity contribution in [1.82, 2.24) is 15.3 Å². The summed E-state index contributed by atoms with van der Waals surface area (Å²) >= 11 is 3.28. The molecule has 0 unspecified atom stereocenters. The molecular weight excluding hydrogens is 981 g/mol. The molecule has 8 N–H and O–H groups in total. The molecule has 4 fully saturated rings. The Hall–Kier alpha value is -5.89. The summed E-state index contributed by atoms with van der Waals surface area (Å²) in [5.41, 5.74) is 12.2. The van der Waals surface area contributed by atoms with Crippen LogP contribution in [-0.4, -0.2) is 67.4 Å². The maximum Gasteiger partial charge on any atom is 0.189 e. The number of hydrogen-bond acceptors (Lipinski definition) is 9. The van der Waals surface area contributed by atoms with Gasteiger partial charge in [0.15, 0.2) is 11.7 Å². The van der Waals surface area contributed by atoms with Gasteiger partial charge in [-0.25, -0.2) is 9.98 Å². The van der Waals surface area contributed by atoms with Crippen LogP contribution in [0.1, 0.15) is 145 Å². The number of guanidine groups is 1. The van der Waals surface area contributed by atoms with Crippen molar-refractivity contribution >= 4 is 46.2 Å². The van der Waals surface area contributed by atoms with Gasteiger partial charge in [0.25, 0.3) is 0 Å². The van der Waals surface area contributed by atoms with E-state index in [4.69, 9.17) is 10.7 Å². The van der Waals surface area contributed by atoms with E-state index in [0.717, 1.165) is 112 Å². The number of phenols is 1. The van der Waals surface area contributed by atoms with Gasteiger partial charge in [-0.1, -0.05) is 85.9 Å². The number of hydrogen-bond donors (Lipinski definition) is 7. The number of carbonyl (C=O) groups excluding carboxylic acids is 1. The number of anilines is 1. The molecule has 0 saturated heterocycles. The van der Waals surface area contributed by atoms with Crippen molar-refractivity contribution < 1.29 is 20.1 Å². The molecular formula is C64H70N6O4S2. The number of aliphatic hydroxyl groups is 2. The van der Waals surface area contributed by atoms with Crippen LogP contribution in [0.4, 0.5) is 5.69 Å². The Morgan fingerprint density at radius 3 is 2.64 bits per heavy atom. The molecule has 11 atom stereocenters. The van der Waals surface area contributed by atoms with E-state index >= 15 is 4.79 Å². The molecule has 6 aliphatic carbocycles. The van der Waals surface area contributed by atoms with E-state index in [9.17, 15) is 15.3 Å². The fraction of sp³-hybridized carbons (Fsp3) is 0.484. The normalized spacial score (nSPS) is 33.0. The van der Waals surface area contributed by atoms with Gasteiger partial charge in [0.05, 0.1) is 45.0 Å². The number of Topliss-reactive ketones (excluding diaryl/α,β-unsaturated/α-hetero) is 1. The fourth-order valence-electron chi connectivity index (χ4n) is 16.7. The Balaban J connectivity index is 1.04. The molecule has 5 aromatic rings. The van der Waals surface area contributed by atoms with E-state index in [2.05, 4.69) is 98.9 Å². The molecule has 8 aliphatic rings. The van der Waals surface area contributed by atoms with Crippen LogP contribution in [0.3, 0.4) is 0 Å². The standard InChI is InChI=1S/C64H70N6O4S2/c1-3-9-45-16-19-52(75-45)53-20-21-54(76-53)59(73)50-24-27-62-26-23-49-57(63(36-64(49,50)35-62)25-8-12-42(63)34-71)39-15-17-46-41(30-56(62)70-60(65)68-43-13-5-4-6-14-43)29-51(72)47-18-22-55(69-58(46)47)61(2,74)32-40-11-7-10-38(28-39)48(40)31-44-33-66-37-67-44/h7,10-11,16,18-23,26,29,33,37,39,42-43,49-50,55-57,69,71-72,74H,4-6,8,12-14,24-25,27-28,30-32,34-36H2,1-2H3,(H,66,67)(H3,65,68,70)/t39-,42-,49-,50+,55+,56-,57-,61+,62-,63-,64+/m0/s1. The van der Waals surface area contributed by atoms with Gasteiger partial charge in [-0.15, -0.1) is 28.6 Å². The Kier molecular flexibility index (Phi) is 12.6. The molecule has 0 radical (unpaired) electrons. The first-order chi connectivity index (χ1) is 36.9. The maximum atomic E-state index is 16.0. The van der Waals surface area contributed by atoms with E-state index in [-0.39, 0.29) is 65.2 Å². The molecule has 0 amide bonds. The van der Waals surface area contributed by atoms with Crippen molar-refractivity contribution in [2.75, 3.05) is 11.9 Å². The van der Waals surface area contributed by atoms with Gasteiger partial charge in [0.2, 0.25) is 0 Å². The molecule has 2 aromatic carbocycles. The van der Waals surface area contributed by atoms with Crippen molar-refractivity contribution in [3.8, 4) is 39.2 Å². The van der Waals surface area contributed by atoms with E-state index < -0.39 is 22.5 Å². The summed E-state index contributed by atoms with van der Waals surface area (Å²) in [5, 5.41) is 44.2. The van der Waals surface area contributed by atoms with Gasteiger partial charge in [-0.2, -0.15) is 0 Å². The average molecular weight is 1050 g/mol. The minimum absolute atomic E-state index is 0.00119. The molecule has 76 heavy (non-hydrogen) atoms. The van der Waals surface area contributed by atoms with Crippen LogP contribution in [0, 0.1) is 69.5 Å². The van der Waals surface area contributed by atoms with Crippen molar-refractivity contribution in [2.24, 2.45) is 56.6 Å². The highest BCUT2D eigenvalue weighted by Gasteiger charge is 2.71. The summed E-state index contributed by atoms with van der Waals surface area (Å²) in [4.78, 5) is 33.5. The second-order valence-electron chi connectivity index (χ2n) is 24.2. The number of phenolic OH excluding ortho intramolecular Hbond substituents is 1. The minimum atomic E-state index is -1.24. The van der Waals surface area contributed by atoms with Crippen molar-refractivity contribution in [3.63, 3.8) is 0 Å². The Bertz CT molecular complexity index is 3320. The number of H-pyrrole nitrogens is 1. The van der Waals surface area contributed by atoms with Gasteiger partial charge >= 0.3 is 0 Å². The van der Waals surface area contributed by atoms with Crippen molar-refractivity contribution in [1.29, 1.82) is 0 Å². The third-order valence-electron chi connectivity index (χ3n) is 20.0. The predicted molar refractivity (Wildman–Crippen MR) is 304 cm³/mol. The van der Waals surface area contributed by atoms with Crippen LogP contribution < -0.4 is 16.4 Å². The molecule has 3 aromatic heterocycles. The quantitative estimate of drug-likeness (QED) is 0.0265. The first-order valence-electron chi connectivity index (χ1n) is 28.1. The number of benzene rings is 2. The number of nitrogens with zero attached hydrogens (tertiary/aromatic N) is 2. The van der Waals surface area contributed by atoms with Crippen molar-refractivity contribution in [3.05, 3.63) is 128 Å². The predicted octanol–water partition coefficient (Wildman–Crippen LogP) is 11.0. The lowest BCUT2D eigenvalue weighted by Gasteiger charge is -2.57. The molecule has 3 spiro atoms. The number of aliphatic imine (C=N–C) groups is 1. The van der Waals surface area contributed by atoms with Gasteiger partial charge < -0.3 is 36.7 Å². The number of nitrogens with two attached hydrogens (primary N) is 1. The average Bonchev–Trinajstić information content (AvgIpc) is 4.47. The molecule has 13 rings (SSSR count). The zero-order valence-electron chi connectivity index (χ0n) is 43.8. The van der Waals surface area contributed by atoms with E-state index in [0.29, 0.717) is 43.6 Å². The lowest BCUT2D eigenvalue weighted by molar-refractivity contribution is -0.0189. The molecule has 392 valence electrons. The van der Waals surface area contributed by atoms with Gasteiger partial charge in [0, 0.05) is 69.9 Å². The van der Waals surface area contributed by atoms with Gasteiger partial charge in [-0.05, 0) is 159 Å². The number of rotatable bonds is 8. The monoisotopic (exact) mass is 1050 g/mol. The van der Waals surface area contributed by atoms with E-state index in [1.54, 1.807) is 29.0 Å². The molecule has 12 heteroatoms. The maximum absolute atomic E-state index is 16.0. The van der Waals surface area contributed by atoms with Crippen LogP contribution in [0.2, 0.25) is 0 Å². The topological polar surface area (TPSA) is 169 Å². The number of aliphatic hydroxyl groups excluding tert-OH is 1. The number of ketones is 1. The molecule has 9 bridgehead atoms. The molecule has 2 aliphatic heterocycles. The number of imidazole rings is 1. The Morgan fingerprint density at radius 2 is 1.82 bits per heavy atom. The summed E-state index contributed by atoms with van der Waals surface area (Å²) in [7, 11) is 0. The highest BCUT2D eigenvalue weighted by molar-refractivity contribution is 7.23. The van der Waals surface area contributed by atoms with Crippen LogP contribution in [0.15, 0.2) is 84.3 Å². The minimum Gasteiger partial charge on any atom is -0.507 e. The fourth-order valence-corrected chi connectivity index (χ4v) is 18.7. The number of carbonyl (C=O) groups is 1. The van der Waals surface area contributed by atoms with E-state index in [1.165, 1.54) is 17.5 Å². The third-order valence-corrected chi connectivity index (χ3v) is 22.3. The lowest BCUT2D eigenvalue weighted by Crippen LogP contribution is -2.54. The molecule has 5 heterocycles. The van der Waals surface area contributed by atoms with Gasteiger partial charge in [0.1, 0.15) is 5.75 Å². The Morgan fingerprint density at radius 1 is 0.974 bits per heavy atom. The lowest BCUT2D eigenvalue weighted by atomic mass is 9.47. The summed E-state index contributed by atoms with van der Waals surface area (Å²) in [6, 6.07) is 16.3. The first-order valence-corrected chi connectivity index (χ1v) is 29.7. The second-order valence-corrected chi connectivity index (χ2v) is 26.4. The number of thiophene rings is 2. The smallest absolute Gasteiger partial charge is 0.189 e. The Labute approximate surface area is 455 Å². The number of aromatic nitrogens is 2.